The molecule has 0 aliphatic rings. The number of nitrogens with zero attached hydrogens (tertiary/aromatic N) is 3. The van der Waals surface area contributed by atoms with Gasteiger partial charge in [0.05, 0.1) is 7.11 Å². The number of aromatic nitrogens is 3. The highest BCUT2D eigenvalue weighted by Crippen LogP contribution is 2.16. The summed E-state index contributed by atoms with van der Waals surface area (Å²) in [5.74, 6) is 0.126. The van der Waals surface area contributed by atoms with Crippen LogP contribution >= 0.6 is 11.6 Å². The number of hydrogen-bond acceptors (Lipinski definition) is 4. The third kappa shape index (κ3) is 3.27. The van der Waals surface area contributed by atoms with Gasteiger partial charge in [-0.15, -0.1) is 0 Å². The minimum absolute atomic E-state index is 0.114. The number of halogens is 1. The molecular weight excluding hydrogens is 280 g/mol. The van der Waals surface area contributed by atoms with E-state index in [0.717, 1.165) is 13.0 Å². The highest BCUT2D eigenvalue weighted by atomic mass is 35.5. The van der Waals surface area contributed by atoms with Crippen LogP contribution in [0.25, 0.3) is 0 Å². The van der Waals surface area contributed by atoms with Gasteiger partial charge in [-0.3, -0.25) is 10.1 Å². The van der Waals surface area contributed by atoms with Crippen LogP contribution in [0.3, 0.4) is 0 Å². The fourth-order valence-electron chi connectivity index (χ4n) is 1.78. The van der Waals surface area contributed by atoms with Gasteiger partial charge in [-0.1, -0.05) is 18.5 Å². The molecular formula is C13H15ClN4O2. The molecule has 2 rings (SSSR count). The van der Waals surface area contributed by atoms with Gasteiger partial charge in [0.1, 0.15) is 10.8 Å². The van der Waals surface area contributed by atoms with Crippen molar-refractivity contribution in [2.45, 2.75) is 19.9 Å². The molecule has 2 aromatic rings. The molecule has 6 nitrogen and oxygen atoms in total. The first-order valence-corrected chi connectivity index (χ1v) is 6.57. The monoisotopic (exact) mass is 294 g/mol. The third-order valence-electron chi connectivity index (χ3n) is 2.63. The Bertz CT molecular complexity index is 612. The van der Waals surface area contributed by atoms with Crippen molar-refractivity contribution in [2.75, 3.05) is 12.4 Å². The molecule has 0 saturated heterocycles. The van der Waals surface area contributed by atoms with Crippen LogP contribution < -0.4 is 10.1 Å². The topological polar surface area (TPSA) is 69.0 Å². The van der Waals surface area contributed by atoms with E-state index >= 15 is 0 Å². The summed E-state index contributed by atoms with van der Waals surface area (Å²) in [5.41, 5.74) is 0.550. The van der Waals surface area contributed by atoms with Crippen LogP contribution in [0.15, 0.2) is 24.4 Å². The Hall–Kier alpha value is -2.08. The highest BCUT2D eigenvalue weighted by molar-refractivity contribution is 6.29. The van der Waals surface area contributed by atoms with Crippen LogP contribution in [0.4, 0.5) is 5.95 Å². The summed E-state index contributed by atoms with van der Waals surface area (Å²) in [5, 5.41) is 2.82. The molecule has 7 heteroatoms. The lowest BCUT2D eigenvalue weighted by molar-refractivity contribution is 0.101. The fraction of sp³-hybridized carbons (Fsp3) is 0.308. The maximum absolute atomic E-state index is 12.2. The number of anilines is 1. The summed E-state index contributed by atoms with van der Waals surface area (Å²) >= 11 is 5.83. The van der Waals surface area contributed by atoms with Crippen LogP contribution in [0.1, 0.15) is 23.8 Å². The number of ether oxygens (including phenoxy) is 1. The van der Waals surface area contributed by atoms with Crippen molar-refractivity contribution in [1.82, 2.24) is 14.5 Å². The number of nitrogens with one attached hydrogen (secondary N) is 1. The lowest BCUT2D eigenvalue weighted by atomic mass is 10.4. The van der Waals surface area contributed by atoms with Crippen molar-refractivity contribution in [3.63, 3.8) is 0 Å². The largest absolute Gasteiger partial charge is 0.481 e. The van der Waals surface area contributed by atoms with Crippen LogP contribution in [-0.2, 0) is 6.54 Å². The predicted molar refractivity (Wildman–Crippen MR) is 76.3 cm³/mol. The van der Waals surface area contributed by atoms with Crippen LogP contribution in [0.5, 0.6) is 5.88 Å². The molecule has 2 aromatic heterocycles. The second-order valence-corrected chi connectivity index (χ2v) is 4.48. The van der Waals surface area contributed by atoms with E-state index in [4.69, 9.17) is 16.3 Å². The van der Waals surface area contributed by atoms with Gasteiger partial charge < -0.3 is 9.30 Å². The van der Waals surface area contributed by atoms with E-state index in [1.165, 1.54) is 13.2 Å². The van der Waals surface area contributed by atoms with Crippen molar-refractivity contribution < 1.29 is 9.53 Å². The molecule has 20 heavy (non-hydrogen) atoms. The molecule has 1 amide bonds. The predicted octanol–water partition coefficient (Wildman–Crippen LogP) is 2.60. The molecule has 0 radical (unpaired) electrons. The number of methoxy groups -OCH3 is 1. The van der Waals surface area contributed by atoms with Gasteiger partial charge in [0.2, 0.25) is 11.8 Å². The number of amides is 1. The molecule has 0 saturated carbocycles. The molecule has 0 bridgehead atoms. The molecule has 0 aliphatic heterocycles. The summed E-state index contributed by atoms with van der Waals surface area (Å²) in [6.07, 6.45) is 2.80. The Morgan fingerprint density at radius 1 is 1.50 bits per heavy atom. The minimum Gasteiger partial charge on any atom is -0.481 e. The summed E-state index contributed by atoms with van der Waals surface area (Å²) in [6.45, 7) is 2.82. The van der Waals surface area contributed by atoms with Gasteiger partial charge in [-0.05, 0) is 18.6 Å². The smallest absolute Gasteiger partial charge is 0.274 e. The quantitative estimate of drug-likeness (QED) is 0.861. The average molecular weight is 295 g/mol. The highest BCUT2D eigenvalue weighted by Gasteiger charge is 2.13. The molecule has 0 spiro atoms. The third-order valence-corrected chi connectivity index (χ3v) is 2.83. The van der Waals surface area contributed by atoms with E-state index in [1.54, 1.807) is 6.07 Å². The SMILES string of the molecule is CCCn1cccc1C(=O)Nc1nc(Cl)cc(OC)n1. The molecule has 0 aliphatic carbocycles. The lowest BCUT2D eigenvalue weighted by Crippen LogP contribution is -2.18. The van der Waals surface area contributed by atoms with Gasteiger partial charge in [-0.2, -0.15) is 4.98 Å². The first kappa shape index (κ1) is 14.3. The van der Waals surface area contributed by atoms with E-state index < -0.39 is 0 Å². The fourth-order valence-corrected chi connectivity index (χ4v) is 1.95. The number of carbonyl (C=O) groups excluding carboxylic acids is 1. The normalized spacial score (nSPS) is 10.3. The Morgan fingerprint density at radius 2 is 2.30 bits per heavy atom. The van der Waals surface area contributed by atoms with Crippen LogP contribution in [-0.4, -0.2) is 27.6 Å². The van der Waals surface area contributed by atoms with Crippen molar-refractivity contribution in [3.8, 4) is 5.88 Å². The van der Waals surface area contributed by atoms with Crippen LogP contribution in [0, 0.1) is 0 Å². The Balaban J connectivity index is 2.19. The molecule has 2 heterocycles. The molecule has 0 unspecified atom stereocenters. The summed E-state index contributed by atoms with van der Waals surface area (Å²) in [6, 6.07) is 5.04. The molecule has 1 N–H and O–H groups in total. The van der Waals surface area contributed by atoms with Crippen molar-refractivity contribution in [2.24, 2.45) is 0 Å². The van der Waals surface area contributed by atoms with Crippen molar-refractivity contribution in [1.29, 1.82) is 0 Å². The van der Waals surface area contributed by atoms with E-state index in [-0.39, 0.29) is 17.0 Å². The summed E-state index contributed by atoms with van der Waals surface area (Å²) < 4.78 is 6.85. The first-order chi connectivity index (χ1) is 9.63. The minimum atomic E-state index is -0.284. The molecule has 0 fully saturated rings. The maximum Gasteiger partial charge on any atom is 0.274 e. The van der Waals surface area contributed by atoms with E-state index in [1.807, 2.05) is 23.8 Å². The Morgan fingerprint density at radius 3 is 3.00 bits per heavy atom. The first-order valence-electron chi connectivity index (χ1n) is 6.19. The zero-order chi connectivity index (χ0) is 14.5. The lowest BCUT2D eigenvalue weighted by Gasteiger charge is -2.08. The number of aryl methyl sites for hydroxylation is 1. The zero-order valence-corrected chi connectivity index (χ0v) is 12.0. The van der Waals surface area contributed by atoms with Crippen molar-refractivity contribution in [3.05, 3.63) is 35.2 Å². The second kappa shape index (κ2) is 6.38. The van der Waals surface area contributed by atoms with E-state index in [9.17, 15) is 4.79 Å². The van der Waals surface area contributed by atoms with Gasteiger partial charge in [0.15, 0.2) is 0 Å². The molecule has 0 aromatic carbocycles. The van der Waals surface area contributed by atoms with Gasteiger partial charge in [0, 0.05) is 18.8 Å². The molecule has 106 valence electrons. The van der Waals surface area contributed by atoms with Gasteiger partial charge in [-0.25, -0.2) is 4.98 Å². The Kier molecular flexibility index (Phi) is 4.57. The van der Waals surface area contributed by atoms with Gasteiger partial charge in [0.25, 0.3) is 5.91 Å². The zero-order valence-electron chi connectivity index (χ0n) is 11.3. The van der Waals surface area contributed by atoms with E-state index in [2.05, 4.69) is 15.3 Å². The number of hydrogen-bond donors (Lipinski definition) is 1. The number of rotatable bonds is 5. The number of carbonyl (C=O) groups is 1. The van der Waals surface area contributed by atoms with Gasteiger partial charge >= 0.3 is 0 Å². The second-order valence-electron chi connectivity index (χ2n) is 4.10. The van der Waals surface area contributed by atoms with Crippen LogP contribution in [0.2, 0.25) is 5.15 Å². The summed E-state index contributed by atoms with van der Waals surface area (Å²) in [4.78, 5) is 20.1. The maximum atomic E-state index is 12.2. The Labute approximate surface area is 121 Å². The average Bonchev–Trinajstić information content (AvgIpc) is 2.86. The van der Waals surface area contributed by atoms with Crippen molar-refractivity contribution >= 4 is 23.5 Å². The molecule has 0 atom stereocenters. The standard InChI is InChI=1S/C13H15ClN4O2/c1-3-6-18-7-4-5-9(18)12(19)17-13-15-10(14)8-11(16-13)20-2/h4-5,7-8H,3,6H2,1-2H3,(H,15,16,17,19). The summed E-state index contributed by atoms with van der Waals surface area (Å²) in [7, 11) is 1.47. The van der Waals surface area contributed by atoms with E-state index in [0.29, 0.717) is 11.6 Å².